The Morgan fingerprint density at radius 3 is 2.83 bits per heavy atom. The van der Waals surface area contributed by atoms with Gasteiger partial charge in [0, 0.05) is 24.8 Å². The maximum absolute atomic E-state index is 5.43. The van der Waals surface area contributed by atoms with Gasteiger partial charge in [-0.25, -0.2) is 4.98 Å². The van der Waals surface area contributed by atoms with E-state index in [1.165, 1.54) is 54.9 Å². The van der Waals surface area contributed by atoms with Crippen LogP contribution in [0, 0.1) is 6.92 Å². The first-order chi connectivity index (χ1) is 11.7. The minimum absolute atomic E-state index is 0.430. The Balaban J connectivity index is 1.61. The summed E-state index contributed by atoms with van der Waals surface area (Å²) in [5, 5.41) is 4.22. The number of fused-ring (bicyclic) bond motifs is 1. The molecular weight excluding hydrogens is 300 g/mol. The van der Waals surface area contributed by atoms with Gasteiger partial charge in [-0.15, -0.1) is 0 Å². The maximum atomic E-state index is 5.43. The van der Waals surface area contributed by atoms with E-state index in [1.807, 2.05) is 6.92 Å². The summed E-state index contributed by atoms with van der Waals surface area (Å²) in [5.74, 6) is 2.24. The predicted molar refractivity (Wildman–Crippen MR) is 92.9 cm³/mol. The van der Waals surface area contributed by atoms with E-state index in [0.717, 1.165) is 37.4 Å². The van der Waals surface area contributed by atoms with Gasteiger partial charge in [0.15, 0.2) is 0 Å². The second-order valence-corrected chi connectivity index (χ2v) is 7.28. The molecule has 0 saturated carbocycles. The number of aryl methyl sites for hydroxylation is 3. The zero-order chi connectivity index (χ0) is 16.7. The predicted octanol–water partition coefficient (Wildman–Crippen LogP) is 3.49. The zero-order valence-electron chi connectivity index (χ0n) is 15.1. The highest BCUT2D eigenvalue weighted by Gasteiger charge is 2.32. The van der Waals surface area contributed by atoms with E-state index in [9.17, 15) is 0 Å². The third-order valence-corrected chi connectivity index (χ3v) is 5.83. The lowest BCUT2D eigenvalue weighted by Crippen LogP contribution is -2.25. The van der Waals surface area contributed by atoms with Crippen molar-refractivity contribution >= 4 is 0 Å². The van der Waals surface area contributed by atoms with Crippen molar-refractivity contribution in [3.8, 4) is 0 Å². The van der Waals surface area contributed by atoms with Crippen LogP contribution in [0.25, 0.3) is 0 Å². The van der Waals surface area contributed by atoms with Crippen molar-refractivity contribution < 1.29 is 4.52 Å². The third kappa shape index (κ3) is 2.59. The molecule has 2 aromatic heterocycles. The minimum atomic E-state index is 0.430. The van der Waals surface area contributed by atoms with Crippen molar-refractivity contribution in [1.29, 1.82) is 0 Å². The van der Waals surface area contributed by atoms with Crippen molar-refractivity contribution in [3.05, 3.63) is 34.2 Å². The summed E-state index contributed by atoms with van der Waals surface area (Å²) in [6.07, 6.45) is 8.32. The Kier molecular flexibility index (Phi) is 4.21. The van der Waals surface area contributed by atoms with E-state index < -0.39 is 0 Å². The van der Waals surface area contributed by atoms with Crippen LogP contribution in [-0.4, -0.2) is 26.2 Å². The first kappa shape index (κ1) is 15.9. The van der Waals surface area contributed by atoms with Crippen molar-refractivity contribution in [1.82, 2.24) is 19.6 Å². The lowest BCUT2D eigenvalue weighted by molar-refractivity contribution is 0.234. The Morgan fingerprint density at radius 2 is 2.04 bits per heavy atom. The average Bonchev–Trinajstić information content (AvgIpc) is 3.28. The van der Waals surface area contributed by atoms with Crippen LogP contribution in [-0.2, 0) is 32.9 Å². The molecular formula is C19H28N4O. The number of rotatable bonds is 4. The molecule has 0 amide bonds. The van der Waals surface area contributed by atoms with E-state index in [0.29, 0.717) is 6.04 Å². The highest BCUT2D eigenvalue weighted by molar-refractivity contribution is 5.24. The molecule has 0 spiro atoms. The van der Waals surface area contributed by atoms with Crippen LogP contribution in [0.2, 0.25) is 0 Å². The van der Waals surface area contributed by atoms with Crippen LogP contribution in [0.1, 0.15) is 72.9 Å². The topological polar surface area (TPSA) is 47.1 Å². The van der Waals surface area contributed by atoms with Crippen molar-refractivity contribution in [2.45, 2.75) is 71.4 Å². The normalized spacial score (nSPS) is 21.4. The molecule has 2 aromatic rings. The molecule has 0 N–H and O–H groups in total. The first-order valence-electron chi connectivity index (χ1n) is 9.41. The molecule has 1 fully saturated rings. The second-order valence-electron chi connectivity index (χ2n) is 7.28. The number of likely N-dealkylation sites (tertiary alicyclic amines) is 1. The van der Waals surface area contributed by atoms with E-state index in [1.54, 1.807) is 0 Å². The van der Waals surface area contributed by atoms with Gasteiger partial charge in [0.25, 0.3) is 0 Å². The molecule has 1 aliphatic carbocycles. The molecule has 0 aromatic carbocycles. The molecule has 3 heterocycles. The van der Waals surface area contributed by atoms with E-state index in [-0.39, 0.29) is 0 Å². The molecule has 4 rings (SSSR count). The van der Waals surface area contributed by atoms with Crippen molar-refractivity contribution in [2.75, 3.05) is 6.54 Å². The van der Waals surface area contributed by atoms with Gasteiger partial charge in [-0.3, -0.25) is 4.90 Å². The standard InChI is InChI=1S/C19H28N4O/c1-4-15-14(13(2)24-21-15)12-23-11-7-10-18(23)19-20-16-8-5-6-9-17(16)22(19)3/h18H,4-12H2,1-3H3/t18-/m1/s1. The fourth-order valence-corrected chi connectivity index (χ4v) is 4.43. The maximum Gasteiger partial charge on any atom is 0.138 e. The quantitative estimate of drug-likeness (QED) is 0.862. The number of hydrogen-bond acceptors (Lipinski definition) is 4. The summed E-state index contributed by atoms with van der Waals surface area (Å²) >= 11 is 0. The van der Waals surface area contributed by atoms with Crippen molar-refractivity contribution in [2.24, 2.45) is 7.05 Å². The Labute approximate surface area is 144 Å². The molecule has 24 heavy (non-hydrogen) atoms. The zero-order valence-corrected chi connectivity index (χ0v) is 15.1. The molecule has 1 aliphatic heterocycles. The van der Waals surface area contributed by atoms with Gasteiger partial charge in [0.2, 0.25) is 0 Å². The van der Waals surface area contributed by atoms with Gasteiger partial charge in [0.1, 0.15) is 11.6 Å². The minimum Gasteiger partial charge on any atom is -0.361 e. The lowest BCUT2D eigenvalue weighted by atomic mass is 10.0. The van der Waals surface area contributed by atoms with Crippen LogP contribution in [0.3, 0.4) is 0 Å². The summed E-state index contributed by atoms with van der Waals surface area (Å²) < 4.78 is 7.82. The third-order valence-electron chi connectivity index (χ3n) is 5.83. The molecule has 2 aliphatic rings. The number of imidazole rings is 1. The van der Waals surface area contributed by atoms with Crippen LogP contribution >= 0.6 is 0 Å². The highest BCUT2D eigenvalue weighted by Crippen LogP contribution is 2.35. The molecule has 0 unspecified atom stereocenters. The monoisotopic (exact) mass is 328 g/mol. The number of hydrogen-bond donors (Lipinski definition) is 0. The summed E-state index contributed by atoms with van der Waals surface area (Å²) in [5.41, 5.74) is 5.21. The molecule has 5 nitrogen and oxygen atoms in total. The van der Waals surface area contributed by atoms with Gasteiger partial charge >= 0.3 is 0 Å². The highest BCUT2D eigenvalue weighted by atomic mass is 16.5. The molecule has 1 saturated heterocycles. The van der Waals surface area contributed by atoms with Gasteiger partial charge in [0.05, 0.1) is 17.4 Å². The number of aromatic nitrogens is 3. The summed E-state index contributed by atoms with van der Waals surface area (Å²) in [7, 11) is 2.21. The van der Waals surface area contributed by atoms with Crippen LogP contribution in [0.4, 0.5) is 0 Å². The lowest BCUT2D eigenvalue weighted by Gasteiger charge is -2.24. The van der Waals surface area contributed by atoms with Gasteiger partial charge in [-0.2, -0.15) is 0 Å². The van der Waals surface area contributed by atoms with E-state index in [4.69, 9.17) is 9.51 Å². The molecule has 5 heteroatoms. The Bertz CT molecular complexity index is 730. The van der Waals surface area contributed by atoms with Gasteiger partial charge in [-0.1, -0.05) is 12.1 Å². The van der Waals surface area contributed by atoms with Crippen molar-refractivity contribution in [3.63, 3.8) is 0 Å². The summed E-state index contributed by atoms with van der Waals surface area (Å²) in [6.45, 7) is 6.25. The largest absolute Gasteiger partial charge is 0.361 e. The van der Waals surface area contributed by atoms with E-state index >= 15 is 0 Å². The van der Waals surface area contributed by atoms with Gasteiger partial charge in [-0.05, 0) is 58.4 Å². The smallest absolute Gasteiger partial charge is 0.138 e. The molecule has 0 radical (unpaired) electrons. The Hall–Kier alpha value is -1.62. The molecule has 130 valence electrons. The summed E-state index contributed by atoms with van der Waals surface area (Å²) in [4.78, 5) is 7.63. The fraction of sp³-hybridized carbons (Fsp3) is 0.684. The van der Waals surface area contributed by atoms with Crippen LogP contribution in [0.5, 0.6) is 0 Å². The molecule has 1 atom stereocenters. The SMILES string of the molecule is CCc1noc(C)c1CN1CCC[C@@H]1c1nc2c(n1C)CCCC2. The second kappa shape index (κ2) is 6.36. The Morgan fingerprint density at radius 1 is 1.21 bits per heavy atom. The van der Waals surface area contributed by atoms with Crippen LogP contribution < -0.4 is 0 Å². The van der Waals surface area contributed by atoms with Crippen LogP contribution in [0.15, 0.2) is 4.52 Å². The first-order valence-corrected chi connectivity index (χ1v) is 9.41. The number of nitrogens with zero attached hydrogens (tertiary/aromatic N) is 4. The van der Waals surface area contributed by atoms with Gasteiger partial charge < -0.3 is 9.09 Å². The fourth-order valence-electron chi connectivity index (χ4n) is 4.43. The van der Waals surface area contributed by atoms with E-state index in [2.05, 4.69) is 28.6 Å². The molecule has 0 bridgehead atoms. The summed E-state index contributed by atoms with van der Waals surface area (Å²) in [6, 6.07) is 0.430. The average molecular weight is 328 g/mol.